The number of aromatic nitrogens is 1. The average Bonchev–Trinajstić information content (AvgIpc) is 3.03. The maximum absolute atomic E-state index is 12.5. The molecule has 1 saturated carbocycles. The third kappa shape index (κ3) is 1.88. The molecule has 18 heavy (non-hydrogen) atoms. The summed E-state index contributed by atoms with van der Waals surface area (Å²) in [4.78, 5) is 3.25. The van der Waals surface area contributed by atoms with Gasteiger partial charge in [0.05, 0.1) is 4.90 Å². The van der Waals surface area contributed by atoms with Crippen LogP contribution in [0.3, 0.4) is 0 Å². The zero-order chi connectivity index (χ0) is 12.8. The molecule has 0 bridgehead atoms. The summed E-state index contributed by atoms with van der Waals surface area (Å²) in [5.41, 5.74) is 6.25. The fourth-order valence-corrected chi connectivity index (χ4v) is 4.80. The summed E-state index contributed by atoms with van der Waals surface area (Å²) in [6.07, 6.45) is 5.16. The topological polar surface area (TPSA) is 79.2 Å². The van der Waals surface area contributed by atoms with Crippen molar-refractivity contribution in [3.05, 3.63) is 18.0 Å². The van der Waals surface area contributed by atoms with Crippen molar-refractivity contribution < 1.29 is 8.42 Å². The van der Waals surface area contributed by atoms with Crippen LogP contribution in [0.1, 0.15) is 25.0 Å². The first-order valence-corrected chi connectivity index (χ1v) is 7.93. The van der Waals surface area contributed by atoms with E-state index in [1.807, 2.05) is 0 Å². The Morgan fingerprint density at radius 3 is 2.56 bits per heavy atom. The van der Waals surface area contributed by atoms with Gasteiger partial charge in [0, 0.05) is 31.5 Å². The minimum Gasteiger partial charge on any atom is -0.363 e. The number of nitrogens with one attached hydrogen (secondary N) is 1. The minimum absolute atomic E-state index is 0.334. The molecule has 3 rings (SSSR count). The fourth-order valence-electron chi connectivity index (χ4n) is 3.22. The third-order valence-electron chi connectivity index (χ3n) is 4.27. The lowest BCUT2D eigenvalue weighted by molar-refractivity contribution is 0.445. The Hall–Kier alpha value is -0.850. The third-order valence-corrected chi connectivity index (χ3v) is 6.08. The lowest BCUT2D eigenvalue weighted by Crippen LogP contribution is -2.29. The van der Waals surface area contributed by atoms with Crippen LogP contribution >= 0.6 is 0 Å². The maximum atomic E-state index is 12.5. The molecule has 0 spiro atoms. The van der Waals surface area contributed by atoms with Crippen molar-refractivity contribution in [2.75, 3.05) is 13.1 Å². The highest BCUT2D eigenvalue weighted by Gasteiger charge is 2.41. The Balaban J connectivity index is 1.82. The quantitative estimate of drug-likeness (QED) is 0.855. The summed E-state index contributed by atoms with van der Waals surface area (Å²) < 4.78 is 26.6. The largest absolute Gasteiger partial charge is 0.363 e. The van der Waals surface area contributed by atoms with E-state index in [1.54, 1.807) is 16.6 Å². The molecule has 1 aliphatic carbocycles. The predicted molar refractivity (Wildman–Crippen MR) is 68.3 cm³/mol. The van der Waals surface area contributed by atoms with Gasteiger partial charge in [-0.2, -0.15) is 4.31 Å². The van der Waals surface area contributed by atoms with Gasteiger partial charge in [-0.3, -0.25) is 0 Å². The van der Waals surface area contributed by atoms with Crippen LogP contribution in [0.25, 0.3) is 0 Å². The molecule has 2 heterocycles. The number of nitrogens with two attached hydrogens (primary N) is 1. The van der Waals surface area contributed by atoms with E-state index in [0.29, 0.717) is 36.4 Å². The van der Waals surface area contributed by atoms with Crippen LogP contribution in [0, 0.1) is 11.8 Å². The summed E-state index contributed by atoms with van der Waals surface area (Å²) in [7, 11) is -3.32. The van der Waals surface area contributed by atoms with E-state index >= 15 is 0 Å². The molecule has 1 aliphatic heterocycles. The Morgan fingerprint density at radius 1 is 1.33 bits per heavy atom. The van der Waals surface area contributed by atoms with Crippen molar-refractivity contribution in [1.82, 2.24) is 9.29 Å². The van der Waals surface area contributed by atoms with Crippen LogP contribution in [0.2, 0.25) is 0 Å². The molecule has 0 aromatic carbocycles. The van der Waals surface area contributed by atoms with E-state index in [-0.39, 0.29) is 0 Å². The summed E-state index contributed by atoms with van der Waals surface area (Å²) in [6.45, 7) is 1.72. The Bertz CT molecular complexity index is 525. The molecule has 2 fully saturated rings. The first kappa shape index (κ1) is 12.2. The van der Waals surface area contributed by atoms with Crippen molar-refractivity contribution in [3.63, 3.8) is 0 Å². The van der Waals surface area contributed by atoms with Gasteiger partial charge in [0.15, 0.2) is 0 Å². The summed E-state index contributed by atoms with van der Waals surface area (Å²) in [6, 6.07) is 1.64. The number of fused-ring (bicyclic) bond motifs is 1. The monoisotopic (exact) mass is 269 g/mol. The molecule has 3 N–H and O–H groups in total. The van der Waals surface area contributed by atoms with Crippen molar-refractivity contribution in [2.45, 2.75) is 30.7 Å². The highest BCUT2D eigenvalue weighted by molar-refractivity contribution is 7.89. The first-order chi connectivity index (χ1) is 8.61. The number of aromatic amines is 1. The van der Waals surface area contributed by atoms with Gasteiger partial charge < -0.3 is 10.7 Å². The Morgan fingerprint density at radius 2 is 2.00 bits per heavy atom. The van der Waals surface area contributed by atoms with E-state index < -0.39 is 10.0 Å². The lowest BCUT2D eigenvalue weighted by Gasteiger charge is -2.16. The van der Waals surface area contributed by atoms with Crippen LogP contribution in [-0.2, 0) is 16.6 Å². The molecular formula is C12H19N3O2S. The molecule has 5 nitrogen and oxygen atoms in total. The number of hydrogen-bond donors (Lipinski definition) is 2. The molecule has 1 aromatic heterocycles. The van der Waals surface area contributed by atoms with Gasteiger partial charge in [-0.05, 0) is 30.7 Å². The van der Waals surface area contributed by atoms with Gasteiger partial charge in [0.25, 0.3) is 0 Å². The van der Waals surface area contributed by atoms with E-state index in [1.165, 1.54) is 19.3 Å². The van der Waals surface area contributed by atoms with E-state index in [2.05, 4.69) is 4.98 Å². The van der Waals surface area contributed by atoms with Crippen molar-refractivity contribution in [2.24, 2.45) is 17.6 Å². The predicted octanol–water partition coefficient (Wildman–Crippen LogP) is 0.894. The second kappa shape index (κ2) is 4.36. The van der Waals surface area contributed by atoms with Gasteiger partial charge >= 0.3 is 0 Å². The van der Waals surface area contributed by atoms with E-state index in [4.69, 9.17) is 5.73 Å². The molecule has 2 atom stereocenters. The Kier molecular flexibility index (Phi) is 2.96. The van der Waals surface area contributed by atoms with Gasteiger partial charge in [0.2, 0.25) is 10.0 Å². The van der Waals surface area contributed by atoms with Crippen molar-refractivity contribution in [3.8, 4) is 0 Å². The van der Waals surface area contributed by atoms with Gasteiger partial charge in [0.1, 0.15) is 0 Å². The number of H-pyrrole nitrogens is 1. The number of hydrogen-bond acceptors (Lipinski definition) is 3. The second-order valence-electron chi connectivity index (χ2n) is 5.34. The van der Waals surface area contributed by atoms with Crippen molar-refractivity contribution in [1.29, 1.82) is 0 Å². The maximum Gasteiger partial charge on any atom is 0.244 e. The SMILES string of the molecule is NCc1cc(S(=O)(=O)N2CC3CCCC3C2)c[nH]1. The summed E-state index contributed by atoms with van der Waals surface area (Å²) >= 11 is 0. The molecule has 1 aromatic rings. The van der Waals surface area contributed by atoms with Crippen LogP contribution in [0.15, 0.2) is 17.2 Å². The van der Waals surface area contributed by atoms with E-state index in [0.717, 1.165) is 5.69 Å². The van der Waals surface area contributed by atoms with Crippen LogP contribution in [0.5, 0.6) is 0 Å². The van der Waals surface area contributed by atoms with Crippen LogP contribution < -0.4 is 5.73 Å². The molecule has 2 unspecified atom stereocenters. The highest BCUT2D eigenvalue weighted by Crippen LogP contribution is 2.39. The first-order valence-electron chi connectivity index (χ1n) is 6.49. The van der Waals surface area contributed by atoms with Gasteiger partial charge in [-0.15, -0.1) is 0 Å². The number of rotatable bonds is 3. The minimum atomic E-state index is -3.32. The number of nitrogens with zero attached hydrogens (tertiary/aromatic N) is 1. The van der Waals surface area contributed by atoms with Crippen LogP contribution in [-0.4, -0.2) is 30.8 Å². The smallest absolute Gasteiger partial charge is 0.244 e. The molecule has 100 valence electrons. The molecule has 6 heteroatoms. The molecular weight excluding hydrogens is 250 g/mol. The molecule has 2 aliphatic rings. The standard InChI is InChI=1S/C12H19N3O2S/c13-5-11-4-12(6-14-11)18(16,17)15-7-9-2-1-3-10(9)8-15/h4,6,9-10,14H,1-3,5,7-8,13H2. The lowest BCUT2D eigenvalue weighted by atomic mass is 10.0. The normalized spacial score (nSPS) is 28.7. The zero-order valence-corrected chi connectivity index (χ0v) is 11.1. The fraction of sp³-hybridized carbons (Fsp3) is 0.667. The molecule has 0 amide bonds. The van der Waals surface area contributed by atoms with Crippen molar-refractivity contribution >= 4 is 10.0 Å². The van der Waals surface area contributed by atoms with Gasteiger partial charge in [-0.1, -0.05) is 6.42 Å². The van der Waals surface area contributed by atoms with Crippen LogP contribution in [0.4, 0.5) is 0 Å². The second-order valence-corrected chi connectivity index (χ2v) is 7.28. The average molecular weight is 269 g/mol. The summed E-state index contributed by atoms with van der Waals surface area (Å²) in [5.74, 6) is 1.15. The number of sulfonamides is 1. The Labute approximate surface area is 107 Å². The zero-order valence-electron chi connectivity index (χ0n) is 10.3. The highest BCUT2D eigenvalue weighted by atomic mass is 32.2. The van der Waals surface area contributed by atoms with Gasteiger partial charge in [-0.25, -0.2) is 8.42 Å². The van der Waals surface area contributed by atoms with E-state index in [9.17, 15) is 8.42 Å². The molecule has 1 saturated heterocycles. The molecule has 0 radical (unpaired) electrons. The summed E-state index contributed by atoms with van der Waals surface area (Å²) in [5, 5.41) is 0.